The van der Waals surface area contributed by atoms with Crippen molar-refractivity contribution in [2.24, 2.45) is 0 Å². The van der Waals surface area contributed by atoms with Gasteiger partial charge in [0.2, 0.25) is 5.75 Å². The van der Waals surface area contributed by atoms with Crippen molar-refractivity contribution in [3.05, 3.63) is 42.0 Å². The molecule has 0 aromatic heterocycles. The molecule has 0 spiro atoms. The van der Waals surface area contributed by atoms with Gasteiger partial charge in [0.1, 0.15) is 5.75 Å². The summed E-state index contributed by atoms with van der Waals surface area (Å²) in [5, 5.41) is 12.3. The second kappa shape index (κ2) is 8.38. The average Bonchev–Trinajstić information content (AvgIpc) is 2.71. The van der Waals surface area contributed by atoms with Crippen molar-refractivity contribution < 1.29 is 42.0 Å². The van der Waals surface area contributed by atoms with Gasteiger partial charge < -0.3 is 29.4 Å². The Bertz CT molecular complexity index is 844. The smallest absolute Gasteiger partial charge is 0.426 e. The number of benzene rings is 2. The Morgan fingerprint density at radius 2 is 1.45 bits per heavy atom. The number of halogens is 3. The van der Waals surface area contributed by atoms with Gasteiger partial charge in [-0.3, -0.25) is 0 Å². The van der Waals surface area contributed by atoms with Crippen LogP contribution in [-0.4, -0.2) is 45.7 Å². The molecule has 7 nitrogen and oxygen atoms in total. The van der Waals surface area contributed by atoms with E-state index >= 15 is 0 Å². The summed E-state index contributed by atoms with van der Waals surface area (Å²) in [6.07, 6.45) is -5.15. The zero-order valence-corrected chi connectivity index (χ0v) is 16.1. The van der Waals surface area contributed by atoms with Crippen molar-refractivity contribution >= 4 is 11.7 Å². The number of carbonyl (C=O) groups is 1. The highest BCUT2D eigenvalue weighted by Gasteiger charge is 2.63. The highest BCUT2D eigenvalue weighted by atomic mass is 19.4. The van der Waals surface area contributed by atoms with Crippen LogP contribution >= 0.6 is 0 Å². The molecule has 0 radical (unpaired) electrons. The molecule has 2 rings (SSSR count). The molecule has 1 unspecified atom stereocenters. The second-order valence-corrected chi connectivity index (χ2v) is 5.82. The number of hydrogen-bond donors (Lipinski definition) is 2. The Kier molecular flexibility index (Phi) is 6.35. The van der Waals surface area contributed by atoms with E-state index in [1.54, 1.807) is 0 Å². The summed E-state index contributed by atoms with van der Waals surface area (Å²) in [6, 6.07) is 7.27. The highest BCUT2D eigenvalue weighted by Crippen LogP contribution is 2.47. The molecule has 0 aliphatic heterocycles. The third-order valence-electron chi connectivity index (χ3n) is 4.25. The lowest BCUT2D eigenvalue weighted by Crippen LogP contribution is -2.55. The molecule has 10 heteroatoms. The Balaban J connectivity index is 2.77. The molecule has 0 amide bonds. The van der Waals surface area contributed by atoms with Crippen molar-refractivity contribution in [3.63, 3.8) is 0 Å². The number of hydrogen-bond acceptors (Lipinski definition) is 7. The van der Waals surface area contributed by atoms with E-state index in [0.29, 0.717) is 5.75 Å². The minimum Gasteiger partial charge on any atom is -0.502 e. The number of rotatable bonds is 7. The summed E-state index contributed by atoms with van der Waals surface area (Å²) in [6.45, 7) is 0. The molecule has 1 atom stereocenters. The number of nitrogens with one attached hydrogen (secondary N) is 1. The van der Waals surface area contributed by atoms with E-state index in [-0.39, 0.29) is 17.2 Å². The number of esters is 1. The first-order valence-electron chi connectivity index (χ1n) is 8.17. The monoisotopic (exact) mass is 415 g/mol. The zero-order chi connectivity index (χ0) is 21.8. The molecule has 29 heavy (non-hydrogen) atoms. The number of alkyl halides is 3. The third-order valence-corrected chi connectivity index (χ3v) is 4.25. The lowest BCUT2D eigenvalue weighted by atomic mass is 9.87. The van der Waals surface area contributed by atoms with E-state index in [1.807, 2.05) is 0 Å². The summed E-state index contributed by atoms with van der Waals surface area (Å²) in [7, 11) is 4.56. The Morgan fingerprint density at radius 3 is 1.83 bits per heavy atom. The van der Waals surface area contributed by atoms with Gasteiger partial charge in [-0.2, -0.15) is 13.2 Å². The quantitative estimate of drug-likeness (QED) is 0.670. The van der Waals surface area contributed by atoms with Gasteiger partial charge in [-0.25, -0.2) is 4.79 Å². The van der Waals surface area contributed by atoms with Gasteiger partial charge in [0.25, 0.3) is 5.54 Å². The zero-order valence-electron chi connectivity index (χ0n) is 16.1. The van der Waals surface area contributed by atoms with Gasteiger partial charge in [-0.05, 0) is 36.4 Å². The normalized spacial score (nSPS) is 13.2. The van der Waals surface area contributed by atoms with E-state index in [0.717, 1.165) is 33.5 Å². The Labute approximate surface area is 164 Å². The summed E-state index contributed by atoms with van der Waals surface area (Å²) in [5.41, 5.74) is -3.94. The van der Waals surface area contributed by atoms with Crippen LogP contribution < -0.4 is 19.5 Å². The fourth-order valence-electron chi connectivity index (χ4n) is 2.75. The number of anilines is 1. The van der Waals surface area contributed by atoms with Crippen LogP contribution in [-0.2, 0) is 15.1 Å². The molecule has 0 fully saturated rings. The molecule has 0 aliphatic carbocycles. The maximum Gasteiger partial charge on any atom is 0.426 e. The van der Waals surface area contributed by atoms with Crippen molar-refractivity contribution in [2.45, 2.75) is 11.7 Å². The lowest BCUT2D eigenvalue weighted by molar-refractivity contribution is -0.201. The predicted molar refractivity (Wildman–Crippen MR) is 97.6 cm³/mol. The first kappa shape index (κ1) is 22.0. The predicted octanol–water partition coefficient (Wildman–Crippen LogP) is 3.46. The van der Waals surface area contributed by atoms with Crippen molar-refractivity contribution in [2.75, 3.05) is 33.8 Å². The minimum atomic E-state index is -5.15. The van der Waals surface area contributed by atoms with Crippen molar-refractivity contribution in [3.8, 4) is 23.0 Å². The molecule has 158 valence electrons. The minimum absolute atomic E-state index is 0.0282. The van der Waals surface area contributed by atoms with Gasteiger partial charge in [0, 0.05) is 11.3 Å². The average molecular weight is 415 g/mol. The van der Waals surface area contributed by atoms with Crippen LogP contribution in [0.4, 0.5) is 18.9 Å². The van der Waals surface area contributed by atoms with Crippen LogP contribution in [0.2, 0.25) is 0 Å². The molecule has 2 N–H and O–H groups in total. The van der Waals surface area contributed by atoms with E-state index in [9.17, 15) is 23.1 Å². The lowest BCUT2D eigenvalue weighted by Gasteiger charge is -2.35. The van der Waals surface area contributed by atoms with Gasteiger partial charge in [0.15, 0.2) is 11.5 Å². The van der Waals surface area contributed by atoms with Gasteiger partial charge >= 0.3 is 12.1 Å². The van der Waals surface area contributed by atoms with Crippen molar-refractivity contribution in [1.29, 1.82) is 0 Å². The number of phenols is 1. The largest absolute Gasteiger partial charge is 0.502 e. The number of carbonyl (C=O) groups excluding carboxylic acids is 1. The molecular weight excluding hydrogens is 395 g/mol. The molecule has 2 aromatic rings. The Morgan fingerprint density at radius 1 is 0.931 bits per heavy atom. The molecule has 0 saturated carbocycles. The molecule has 0 saturated heterocycles. The van der Waals surface area contributed by atoms with Crippen LogP contribution in [0.15, 0.2) is 36.4 Å². The van der Waals surface area contributed by atoms with E-state index in [4.69, 9.17) is 14.2 Å². The van der Waals surface area contributed by atoms with E-state index < -0.39 is 29.0 Å². The molecule has 2 aromatic carbocycles. The summed E-state index contributed by atoms with van der Waals surface area (Å²) in [5.74, 6) is -2.33. The second-order valence-electron chi connectivity index (χ2n) is 5.82. The van der Waals surface area contributed by atoms with Gasteiger partial charge in [-0.15, -0.1) is 0 Å². The summed E-state index contributed by atoms with van der Waals surface area (Å²) >= 11 is 0. The van der Waals surface area contributed by atoms with Crippen LogP contribution in [0.1, 0.15) is 5.56 Å². The fourth-order valence-corrected chi connectivity index (χ4v) is 2.75. The van der Waals surface area contributed by atoms with Crippen LogP contribution in [0.3, 0.4) is 0 Å². The maximum atomic E-state index is 14.4. The number of methoxy groups -OCH3 is 4. The molecule has 0 heterocycles. The van der Waals surface area contributed by atoms with Gasteiger partial charge in [0.05, 0.1) is 28.4 Å². The number of ether oxygens (including phenoxy) is 4. The molecule has 0 bridgehead atoms. The first-order chi connectivity index (χ1) is 13.6. The van der Waals surface area contributed by atoms with Crippen molar-refractivity contribution in [1.82, 2.24) is 0 Å². The molecule has 0 aliphatic rings. The third kappa shape index (κ3) is 3.96. The first-order valence-corrected chi connectivity index (χ1v) is 8.17. The Hall–Kier alpha value is -3.30. The molecular formula is C19H20F3NO6. The topological polar surface area (TPSA) is 86.3 Å². The number of phenolic OH excluding ortho intramolecular Hbond substituents is 1. The SMILES string of the molecule is COC(=O)C(Nc1ccc(OC)cc1)(c1cc(OC)c(O)c(OC)c1)C(F)(F)F. The maximum absolute atomic E-state index is 14.4. The van der Waals surface area contributed by atoms with Gasteiger partial charge in [-0.1, -0.05) is 0 Å². The van der Waals surface area contributed by atoms with E-state index in [1.165, 1.54) is 31.4 Å². The standard InChI is InChI=1S/C19H20F3NO6/c1-26-13-7-5-12(6-8-13)23-18(17(25)29-4,19(20,21)22)11-9-14(27-2)16(24)15(10-11)28-3/h5-10,23-24H,1-4H3. The highest BCUT2D eigenvalue weighted by molar-refractivity contribution is 5.88. The van der Waals surface area contributed by atoms with E-state index in [2.05, 4.69) is 10.1 Å². The van der Waals surface area contributed by atoms with Crippen LogP contribution in [0, 0.1) is 0 Å². The number of aromatic hydroxyl groups is 1. The van der Waals surface area contributed by atoms with Crippen LogP contribution in [0.25, 0.3) is 0 Å². The summed E-state index contributed by atoms with van der Waals surface area (Å²) in [4.78, 5) is 12.5. The van der Waals surface area contributed by atoms with Crippen LogP contribution in [0.5, 0.6) is 23.0 Å². The fraction of sp³-hybridized carbons (Fsp3) is 0.316. The summed E-state index contributed by atoms with van der Waals surface area (Å²) < 4.78 is 62.5.